The topological polar surface area (TPSA) is 65.1 Å². The Hall–Kier alpha value is -2.82. The zero-order valence-electron chi connectivity index (χ0n) is 15.5. The molecule has 2 aromatic carbocycles. The first kappa shape index (κ1) is 18.0. The minimum atomic E-state index is 0.354. The van der Waals surface area contributed by atoms with E-state index in [-0.39, 0.29) is 0 Å². The standard InChI is InChI=1S/C21H27N5/c1-16(12-13-17-8-4-3-5-9-17)24-21(22-2)23-15-14-20-25-18-10-6-7-11-19(18)26-20/h3-11,16H,12-15H2,1-2H3,(H,25,26)(H2,22,23,24). The maximum atomic E-state index is 4.60. The summed E-state index contributed by atoms with van der Waals surface area (Å²) in [6.07, 6.45) is 2.95. The molecule has 3 N–H and O–H groups in total. The van der Waals surface area contributed by atoms with Crippen molar-refractivity contribution < 1.29 is 0 Å². The lowest BCUT2D eigenvalue weighted by Gasteiger charge is -2.17. The molecule has 0 saturated carbocycles. The number of nitrogens with zero attached hydrogens (tertiary/aromatic N) is 2. The van der Waals surface area contributed by atoms with E-state index in [4.69, 9.17) is 0 Å². The van der Waals surface area contributed by atoms with Crippen LogP contribution < -0.4 is 10.6 Å². The van der Waals surface area contributed by atoms with Crippen LogP contribution in [0, 0.1) is 0 Å². The number of hydrogen-bond acceptors (Lipinski definition) is 2. The number of fused-ring (bicyclic) bond motifs is 1. The summed E-state index contributed by atoms with van der Waals surface area (Å²) in [7, 11) is 1.81. The van der Waals surface area contributed by atoms with Crippen molar-refractivity contribution in [3.63, 3.8) is 0 Å². The van der Waals surface area contributed by atoms with Gasteiger partial charge in [-0.2, -0.15) is 0 Å². The number of para-hydroxylation sites is 2. The molecule has 3 rings (SSSR count). The largest absolute Gasteiger partial charge is 0.356 e. The Morgan fingerprint density at radius 1 is 1.08 bits per heavy atom. The molecule has 3 aromatic rings. The summed E-state index contributed by atoms with van der Waals surface area (Å²) >= 11 is 0. The van der Waals surface area contributed by atoms with Gasteiger partial charge in [-0.1, -0.05) is 42.5 Å². The van der Waals surface area contributed by atoms with Gasteiger partial charge >= 0.3 is 0 Å². The Kier molecular flexibility index (Phi) is 6.25. The van der Waals surface area contributed by atoms with Crippen LogP contribution in [0.5, 0.6) is 0 Å². The van der Waals surface area contributed by atoms with Gasteiger partial charge in [-0.3, -0.25) is 4.99 Å². The van der Waals surface area contributed by atoms with Crippen molar-refractivity contribution in [3.05, 3.63) is 66.0 Å². The molecule has 1 atom stereocenters. The second-order valence-corrected chi connectivity index (χ2v) is 6.52. The normalized spacial score (nSPS) is 12.9. The van der Waals surface area contributed by atoms with Gasteiger partial charge in [-0.25, -0.2) is 4.98 Å². The molecule has 1 aromatic heterocycles. The highest BCUT2D eigenvalue weighted by Gasteiger charge is 2.06. The number of benzene rings is 2. The third-order valence-electron chi connectivity index (χ3n) is 4.41. The van der Waals surface area contributed by atoms with Crippen molar-refractivity contribution in [3.8, 4) is 0 Å². The summed E-state index contributed by atoms with van der Waals surface area (Å²) in [5.41, 5.74) is 3.47. The predicted octanol–water partition coefficient (Wildman–Crippen LogP) is 3.29. The summed E-state index contributed by atoms with van der Waals surface area (Å²) < 4.78 is 0. The monoisotopic (exact) mass is 349 g/mol. The molecule has 26 heavy (non-hydrogen) atoms. The van der Waals surface area contributed by atoms with Crippen molar-refractivity contribution in [1.82, 2.24) is 20.6 Å². The summed E-state index contributed by atoms with van der Waals surface area (Å²) in [6.45, 7) is 2.97. The van der Waals surface area contributed by atoms with Gasteiger partial charge in [0.25, 0.3) is 0 Å². The zero-order chi connectivity index (χ0) is 18.2. The van der Waals surface area contributed by atoms with Gasteiger partial charge in [0, 0.05) is 26.1 Å². The van der Waals surface area contributed by atoms with Crippen LogP contribution in [0.1, 0.15) is 24.7 Å². The molecule has 5 heteroatoms. The van der Waals surface area contributed by atoms with Gasteiger partial charge in [0.15, 0.2) is 5.96 Å². The van der Waals surface area contributed by atoms with E-state index < -0.39 is 0 Å². The Bertz CT molecular complexity index is 805. The minimum Gasteiger partial charge on any atom is -0.356 e. The summed E-state index contributed by atoms with van der Waals surface area (Å²) in [4.78, 5) is 12.3. The van der Waals surface area contributed by atoms with Crippen molar-refractivity contribution in [2.75, 3.05) is 13.6 Å². The first-order valence-electron chi connectivity index (χ1n) is 9.19. The number of rotatable bonds is 7. The molecule has 136 valence electrons. The van der Waals surface area contributed by atoms with E-state index in [1.54, 1.807) is 7.05 Å². The second-order valence-electron chi connectivity index (χ2n) is 6.52. The SMILES string of the molecule is CN=C(NCCc1nc2ccccc2[nH]1)NC(C)CCc1ccccc1. The predicted molar refractivity (Wildman–Crippen MR) is 109 cm³/mol. The van der Waals surface area contributed by atoms with Crippen molar-refractivity contribution in [2.24, 2.45) is 4.99 Å². The highest BCUT2D eigenvalue weighted by Crippen LogP contribution is 2.10. The summed E-state index contributed by atoms with van der Waals surface area (Å²) in [5, 5.41) is 6.83. The molecule has 0 aliphatic heterocycles. The van der Waals surface area contributed by atoms with Crippen LogP contribution in [0.4, 0.5) is 0 Å². The molecule has 0 aliphatic carbocycles. The molecule has 0 radical (unpaired) electrons. The average Bonchev–Trinajstić information content (AvgIpc) is 3.09. The van der Waals surface area contributed by atoms with Gasteiger partial charge in [0.05, 0.1) is 11.0 Å². The van der Waals surface area contributed by atoms with Crippen LogP contribution in [0.15, 0.2) is 59.6 Å². The lowest BCUT2D eigenvalue weighted by Crippen LogP contribution is -2.43. The van der Waals surface area contributed by atoms with Crippen LogP contribution in [0.3, 0.4) is 0 Å². The Morgan fingerprint density at radius 2 is 1.85 bits per heavy atom. The maximum Gasteiger partial charge on any atom is 0.191 e. The van der Waals surface area contributed by atoms with E-state index in [2.05, 4.69) is 62.8 Å². The average molecular weight is 349 g/mol. The molecule has 0 amide bonds. The first-order valence-corrected chi connectivity index (χ1v) is 9.19. The van der Waals surface area contributed by atoms with E-state index in [0.717, 1.165) is 48.6 Å². The van der Waals surface area contributed by atoms with Gasteiger partial charge in [-0.05, 0) is 37.5 Å². The number of H-pyrrole nitrogens is 1. The highest BCUT2D eigenvalue weighted by atomic mass is 15.2. The molecular formula is C21H27N5. The number of imidazole rings is 1. The minimum absolute atomic E-state index is 0.354. The number of aryl methyl sites for hydroxylation is 1. The smallest absolute Gasteiger partial charge is 0.191 e. The van der Waals surface area contributed by atoms with Crippen LogP contribution in [0.2, 0.25) is 0 Å². The third kappa shape index (κ3) is 5.09. The van der Waals surface area contributed by atoms with Crippen molar-refractivity contribution >= 4 is 17.0 Å². The second kappa shape index (κ2) is 9.04. The van der Waals surface area contributed by atoms with E-state index in [1.807, 2.05) is 24.3 Å². The van der Waals surface area contributed by atoms with Gasteiger partial charge in [0.1, 0.15) is 5.82 Å². The van der Waals surface area contributed by atoms with E-state index in [0.29, 0.717) is 6.04 Å². The van der Waals surface area contributed by atoms with E-state index in [1.165, 1.54) is 5.56 Å². The number of hydrogen-bond donors (Lipinski definition) is 3. The fourth-order valence-corrected chi connectivity index (χ4v) is 2.95. The molecular weight excluding hydrogens is 322 g/mol. The Morgan fingerprint density at radius 3 is 2.62 bits per heavy atom. The van der Waals surface area contributed by atoms with E-state index in [9.17, 15) is 0 Å². The molecule has 0 aliphatic rings. The van der Waals surface area contributed by atoms with Crippen LogP contribution in [-0.2, 0) is 12.8 Å². The lowest BCUT2D eigenvalue weighted by atomic mass is 10.1. The number of aliphatic imine (C=N–C) groups is 1. The van der Waals surface area contributed by atoms with Crippen LogP contribution in [0.25, 0.3) is 11.0 Å². The fourth-order valence-electron chi connectivity index (χ4n) is 2.95. The highest BCUT2D eigenvalue weighted by molar-refractivity contribution is 5.80. The number of aromatic amines is 1. The first-order chi connectivity index (χ1) is 12.7. The van der Waals surface area contributed by atoms with Crippen molar-refractivity contribution in [1.29, 1.82) is 0 Å². The van der Waals surface area contributed by atoms with Gasteiger partial charge in [-0.15, -0.1) is 0 Å². The fraction of sp³-hybridized carbons (Fsp3) is 0.333. The number of guanidine groups is 1. The van der Waals surface area contributed by atoms with Crippen molar-refractivity contribution in [2.45, 2.75) is 32.2 Å². The summed E-state index contributed by atoms with van der Waals surface area (Å²) in [5.74, 6) is 1.83. The maximum absolute atomic E-state index is 4.60. The number of nitrogens with one attached hydrogen (secondary N) is 3. The Balaban J connectivity index is 1.42. The van der Waals surface area contributed by atoms with Gasteiger partial charge in [0.2, 0.25) is 0 Å². The lowest BCUT2D eigenvalue weighted by molar-refractivity contribution is 0.592. The molecule has 1 unspecified atom stereocenters. The zero-order valence-corrected chi connectivity index (χ0v) is 15.5. The molecule has 0 bridgehead atoms. The molecule has 0 fully saturated rings. The molecule has 1 heterocycles. The number of aromatic nitrogens is 2. The van der Waals surface area contributed by atoms with Crippen LogP contribution >= 0.6 is 0 Å². The molecule has 0 saturated heterocycles. The summed E-state index contributed by atoms with van der Waals surface area (Å²) in [6, 6.07) is 19.0. The van der Waals surface area contributed by atoms with Crippen LogP contribution in [-0.4, -0.2) is 35.6 Å². The van der Waals surface area contributed by atoms with E-state index >= 15 is 0 Å². The molecule has 5 nitrogen and oxygen atoms in total. The van der Waals surface area contributed by atoms with Gasteiger partial charge < -0.3 is 15.6 Å². The quantitative estimate of drug-likeness (QED) is 0.453. The Labute approximate surface area is 155 Å². The molecule has 0 spiro atoms. The third-order valence-corrected chi connectivity index (χ3v) is 4.41.